The average Bonchev–Trinajstić information content (AvgIpc) is 2.25. The molecule has 0 unspecified atom stereocenters. The van der Waals surface area contributed by atoms with E-state index < -0.39 is 18.0 Å². The molecule has 12 heavy (non-hydrogen) atoms. The van der Waals surface area contributed by atoms with Gasteiger partial charge in [0.05, 0.1) is 0 Å². The number of urea groups is 1. The second-order valence-corrected chi connectivity index (χ2v) is 2.28. The van der Waals surface area contributed by atoms with Crippen LogP contribution in [0.3, 0.4) is 0 Å². The first-order valence-corrected chi connectivity index (χ1v) is 3.37. The second kappa shape index (κ2) is 3.24. The van der Waals surface area contributed by atoms with Crippen molar-refractivity contribution < 1.29 is 14.4 Å². The molecule has 0 aromatic carbocycles. The molecule has 0 spiro atoms. The van der Waals surface area contributed by atoms with Gasteiger partial charge in [-0.2, -0.15) is 0 Å². The van der Waals surface area contributed by atoms with Gasteiger partial charge in [-0.05, 0) is 6.92 Å². The Hall–Kier alpha value is -1.54. The van der Waals surface area contributed by atoms with Crippen LogP contribution in [0.1, 0.15) is 6.92 Å². The van der Waals surface area contributed by atoms with Crippen molar-refractivity contribution in [1.29, 1.82) is 0 Å². The average molecular weight is 168 g/mol. The van der Waals surface area contributed by atoms with Crippen molar-refractivity contribution in [3.05, 3.63) is 0 Å². The lowest BCUT2D eigenvalue weighted by molar-refractivity contribution is -0.159. The fourth-order valence-corrected chi connectivity index (χ4v) is 0.806. The number of nitrogens with one attached hydrogen (secondary N) is 1. The van der Waals surface area contributed by atoms with Gasteiger partial charge in [-0.1, -0.05) is 5.92 Å². The standard InChI is InChI=1S/C7H8N2O3/c1-3-4-12-9-6(10)5(2)8-7(9)11/h1,5H,4H2,2H3,(H,8,11)/t5-/m1/s1. The fourth-order valence-electron chi connectivity index (χ4n) is 0.806. The Morgan fingerprint density at radius 2 is 2.42 bits per heavy atom. The molecule has 1 saturated heterocycles. The summed E-state index contributed by atoms with van der Waals surface area (Å²) in [4.78, 5) is 26.7. The van der Waals surface area contributed by atoms with E-state index in [1.54, 1.807) is 6.92 Å². The molecule has 0 aromatic rings. The van der Waals surface area contributed by atoms with Gasteiger partial charge in [-0.15, -0.1) is 11.5 Å². The summed E-state index contributed by atoms with van der Waals surface area (Å²) in [5.74, 6) is 1.73. The Labute approximate surface area is 69.6 Å². The molecule has 0 aliphatic carbocycles. The molecule has 0 aromatic heterocycles. The molecule has 1 aliphatic heterocycles. The monoisotopic (exact) mass is 168 g/mol. The van der Waals surface area contributed by atoms with Gasteiger partial charge in [0.2, 0.25) is 0 Å². The van der Waals surface area contributed by atoms with Crippen molar-refractivity contribution in [3.63, 3.8) is 0 Å². The number of nitrogens with zero attached hydrogens (tertiary/aromatic N) is 1. The van der Waals surface area contributed by atoms with E-state index >= 15 is 0 Å². The molecular weight excluding hydrogens is 160 g/mol. The molecule has 3 amide bonds. The van der Waals surface area contributed by atoms with E-state index in [1.807, 2.05) is 0 Å². The van der Waals surface area contributed by atoms with Crippen molar-refractivity contribution in [2.75, 3.05) is 6.61 Å². The summed E-state index contributed by atoms with van der Waals surface area (Å²) in [6.45, 7) is 1.48. The quantitative estimate of drug-likeness (QED) is 0.446. The smallest absolute Gasteiger partial charge is 0.324 e. The van der Waals surface area contributed by atoms with Gasteiger partial charge in [-0.3, -0.25) is 4.79 Å². The van der Waals surface area contributed by atoms with Crippen LogP contribution in [-0.2, 0) is 9.63 Å². The van der Waals surface area contributed by atoms with E-state index in [0.29, 0.717) is 5.06 Å². The van der Waals surface area contributed by atoms with Gasteiger partial charge in [0, 0.05) is 0 Å². The summed E-state index contributed by atoms with van der Waals surface area (Å²) in [7, 11) is 0. The number of imide groups is 1. The van der Waals surface area contributed by atoms with Crippen LogP contribution in [0.15, 0.2) is 0 Å². The molecule has 1 fully saturated rings. The Kier molecular flexibility index (Phi) is 2.31. The molecule has 5 nitrogen and oxygen atoms in total. The summed E-state index contributed by atoms with van der Waals surface area (Å²) < 4.78 is 0. The largest absolute Gasteiger partial charge is 0.349 e. The van der Waals surface area contributed by atoms with Gasteiger partial charge in [0.1, 0.15) is 12.6 Å². The number of terminal acetylenes is 1. The number of hydrogen-bond donors (Lipinski definition) is 1. The first-order valence-electron chi connectivity index (χ1n) is 3.37. The summed E-state index contributed by atoms with van der Waals surface area (Å²) in [5.41, 5.74) is 0. The lowest BCUT2D eigenvalue weighted by Crippen LogP contribution is -2.31. The molecule has 5 heteroatoms. The normalized spacial score (nSPS) is 22.3. The maximum absolute atomic E-state index is 11.1. The number of hydrogen-bond acceptors (Lipinski definition) is 3. The zero-order chi connectivity index (χ0) is 9.14. The second-order valence-electron chi connectivity index (χ2n) is 2.28. The van der Waals surface area contributed by atoms with Crippen LogP contribution < -0.4 is 5.32 Å². The summed E-state index contributed by atoms with van der Waals surface area (Å²) in [6.07, 6.45) is 4.89. The minimum Gasteiger partial charge on any atom is -0.324 e. The maximum Gasteiger partial charge on any atom is 0.349 e. The number of carbonyl (C=O) groups excluding carboxylic acids is 2. The number of carbonyl (C=O) groups is 2. The molecule has 1 heterocycles. The Bertz CT molecular complexity index is 256. The molecule has 1 N–H and O–H groups in total. The van der Waals surface area contributed by atoms with Crippen molar-refractivity contribution in [2.24, 2.45) is 0 Å². The van der Waals surface area contributed by atoms with Gasteiger partial charge < -0.3 is 5.32 Å². The minimum atomic E-state index is -0.567. The van der Waals surface area contributed by atoms with E-state index in [9.17, 15) is 9.59 Å². The molecule has 64 valence electrons. The molecule has 0 bridgehead atoms. The zero-order valence-corrected chi connectivity index (χ0v) is 6.53. The predicted molar refractivity (Wildman–Crippen MR) is 39.6 cm³/mol. The Balaban J connectivity index is 2.59. The Morgan fingerprint density at radius 1 is 1.75 bits per heavy atom. The summed E-state index contributed by atoms with van der Waals surface area (Å²) >= 11 is 0. The van der Waals surface area contributed by atoms with Crippen LogP contribution in [0.5, 0.6) is 0 Å². The fraction of sp³-hybridized carbons (Fsp3) is 0.429. The molecule has 1 aliphatic rings. The first-order chi connectivity index (χ1) is 5.66. The first kappa shape index (κ1) is 8.56. The summed E-state index contributed by atoms with van der Waals surface area (Å²) in [5, 5.41) is 3.01. The van der Waals surface area contributed by atoms with E-state index in [4.69, 9.17) is 6.42 Å². The molecule has 0 saturated carbocycles. The van der Waals surface area contributed by atoms with Crippen LogP contribution in [0.25, 0.3) is 0 Å². The predicted octanol–water partition coefficient (Wildman–Crippen LogP) is -0.509. The van der Waals surface area contributed by atoms with E-state index in [0.717, 1.165) is 0 Å². The van der Waals surface area contributed by atoms with Crippen molar-refractivity contribution in [2.45, 2.75) is 13.0 Å². The van der Waals surface area contributed by atoms with Crippen LogP contribution in [-0.4, -0.2) is 29.7 Å². The van der Waals surface area contributed by atoms with Gasteiger partial charge in [0.15, 0.2) is 0 Å². The molecule has 1 atom stereocenters. The van der Waals surface area contributed by atoms with E-state index in [1.165, 1.54) is 0 Å². The van der Waals surface area contributed by atoms with Crippen LogP contribution in [0.4, 0.5) is 4.79 Å². The lowest BCUT2D eigenvalue weighted by Gasteiger charge is -2.08. The van der Waals surface area contributed by atoms with Crippen LogP contribution >= 0.6 is 0 Å². The molecule has 1 rings (SSSR count). The van der Waals surface area contributed by atoms with E-state index in [-0.39, 0.29) is 6.61 Å². The van der Waals surface area contributed by atoms with Crippen molar-refractivity contribution in [3.8, 4) is 12.3 Å². The number of amides is 3. The highest BCUT2D eigenvalue weighted by Gasteiger charge is 2.36. The SMILES string of the molecule is C#CCON1C(=O)N[C@H](C)C1=O. The number of hydroxylamine groups is 2. The Morgan fingerprint density at radius 3 is 2.83 bits per heavy atom. The van der Waals surface area contributed by atoms with Crippen molar-refractivity contribution in [1.82, 2.24) is 10.4 Å². The minimum absolute atomic E-state index is 0.0914. The van der Waals surface area contributed by atoms with Gasteiger partial charge in [0.25, 0.3) is 5.91 Å². The van der Waals surface area contributed by atoms with Crippen molar-refractivity contribution >= 4 is 11.9 Å². The van der Waals surface area contributed by atoms with Crippen LogP contribution in [0.2, 0.25) is 0 Å². The molecular formula is C7H8N2O3. The third kappa shape index (κ3) is 1.38. The maximum atomic E-state index is 11.1. The van der Waals surface area contributed by atoms with Crippen LogP contribution in [0, 0.1) is 12.3 Å². The topological polar surface area (TPSA) is 58.6 Å². The highest BCUT2D eigenvalue weighted by molar-refractivity contribution is 6.02. The third-order valence-corrected chi connectivity index (χ3v) is 1.37. The highest BCUT2D eigenvalue weighted by Crippen LogP contribution is 2.05. The summed E-state index contributed by atoms with van der Waals surface area (Å²) in [6, 6.07) is -1.10. The lowest BCUT2D eigenvalue weighted by atomic mass is 10.4. The van der Waals surface area contributed by atoms with E-state index in [2.05, 4.69) is 16.1 Å². The number of rotatable bonds is 2. The van der Waals surface area contributed by atoms with Gasteiger partial charge in [-0.25, -0.2) is 9.63 Å². The highest BCUT2D eigenvalue weighted by atomic mass is 16.7. The molecule has 0 radical (unpaired) electrons. The van der Waals surface area contributed by atoms with Gasteiger partial charge >= 0.3 is 6.03 Å². The zero-order valence-electron chi connectivity index (χ0n) is 6.53. The third-order valence-electron chi connectivity index (χ3n) is 1.37.